The third-order valence-electron chi connectivity index (χ3n) is 3.59. The molecule has 1 N–H and O–H groups in total. The van der Waals surface area contributed by atoms with Crippen molar-refractivity contribution in [1.29, 1.82) is 5.26 Å². The number of benzene rings is 2. The molecule has 2 aromatic rings. The molecular weight excluding hydrogens is 371 g/mol. The lowest BCUT2D eigenvalue weighted by atomic mass is 10.1. The van der Waals surface area contributed by atoms with Gasteiger partial charge in [-0.1, -0.05) is 47.3 Å². The van der Waals surface area contributed by atoms with Gasteiger partial charge in [0.1, 0.15) is 18.4 Å². The highest BCUT2D eigenvalue weighted by atomic mass is 35.5. The van der Waals surface area contributed by atoms with Crippen LogP contribution in [0.2, 0.25) is 10.0 Å². The SMILES string of the molecule is C#CCOc1ccc(CCC(=O)NC(C#N)c2ccc(Cl)cc2)cc1Cl. The Labute approximate surface area is 162 Å². The molecule has 0 saturated carbocycles. The van der Waals surface area contributed by atoms with Gasteiger partial charge < -0.3 is 10.1 Å². The van der Waals surface area contributed by atoms with Crippen LogP contribution in [0.3, 0.4) is 0 Å². The van der Waals surface area contributed by atoms with Crippen LogP contribution in [0.15, 0.2) is 42.5 Å². The molecule has 0 aliphatic rings. The molecule has 6 heteroatoms. The van der Waals surface area contributed by atoms with Gasteiger partial charge >= 0.3 is 0 Å². The van der Waals surface area contributed by atoms with E-state index in [1.165, 1.54) is 0 Å². The monoisotopic (exact) mass is 386 g/mol. The van der Waals surface area contributed by atoms with E-state index in [0.29, 0.717) is 27.8 Å². The van der Waals surface area contributed by atoms with E-state index in [1.807, 2.05) is 6.07 Å². The first kappa shape index (κ1) is 19.7. The molecule has 1 unspecified atom stereocenters. The van der Waals surface area contributed by atoms with E-state index in [2.05, 4.69) is 17.3 Å². The van der Waals surface area contributed by atoms with Crippen molar-refractivity contribution < 1.29 is 9.53 Å². The average Bonchev–Trinajstić information content (AvgIpc) is 2.64. The van der Waals surface area contributed by atoms with E-state index in [1.54, 1.807) is 36.4 Å². The van der Waals surface area contributed by atoms with Gasteiger partial charge in [-0.15, -0.1) is 6.42 Å². The van der Waals surface area contributed by atoms with Gasteiger partial charge in [0.2, 0.25) is 5.91 Å². The van der Waals surface area contributed by atoms with Crippen molar-refractivity contribution in [1.82, 2.24) is 5.32 Å². The van der Waals surface area contributed by atoms with Crippen LogP contribution in [0, 0.1) is 23.7 Å². The summed E-state index contributed by atoms with van der Waals surface area (Å²) in [4.78, 5) is 12.2. The molecule has 0 aliphatic carbocycles. The first-order valence-electron chi connectivity index (χ1n) is 7.82. The number of halogens is 2. The maximum absolute atomic E-state index is 12.2. The summed E-state index contributed by atoms with van der Waals surface area (Å²) < 4.78 is 5.30. The number of ether oxygens (including phenoxy) is 1. The number of carbonyl (C=O) groups is 1. The quantitative estimate of drug-likeness (QED) is 0.720. The van der Waals surface area contributed by atoms with E-state index < -0.39 is 6.04 Å². The number of amides is 1. The zero-order valence-electron chi connectivity index (χ0n) is 13.8. The number of terminal acetylenes is 1. The van der Waals surface area contributed by atoms with Gasteiger partial charge in [0, 0.05) is 11.4 Å². The Morgan fingerprint density at radius 1 is 1.23 bits per heavy atom. The van der Waals surface area contributed by atoms with Crippen LogP contribution in [0.5, 0.6) is 5.75 Å². The number of rotatable bonds is 7. The summed E-state index contributed by atoms with van der Waals surface area (Å²) in [6.45, 7) is 0.141. The van der Waals surface area contributed by atoms with Crippen molar-refractivity contribution in [3.05, 3.63) is 63.6 Å². The van der Waals surface area contributed by atoms with Gasteiger partial charge in [-0.2, -0.15) is 5.26 Å². The van der Waals surface area contributed by atoms with Crippen molar-refractivity contribution in [2.24, 2.45) is 0 Å². The van der Waals surface area contributed by atoms with Gasteiger partial charge in [-0.3, -0.25) is 4.79 Å². The Bertz CT molecular complexity index is 852. The molecule has 0 aliphatic heterocycles. The Kier molecular flexibility index (Phi) is 7.36. The number of nitriles is 1. The topological polar surface area (TPSA) is 62.1 Å². The number of nitrogens with zero attached hydrogens (tertiary/aromatic N) is 1. The van der Waals surface area contributed by atoms with Gasteiger partial charge in [0.15, 0.2) is 0 Å². The van der Waals surface area contributed by atoms with Crippen LogP contribution in [-0.4, -0.2) is 12.5 Å². The molecule has 0 saturated heterocycles. The minimum absolute atomic E-state index is 0.141. The number of hydrogen-bond donors (Lipinski definition) is 1. The number of aryl methyl sites for hydroxylation is 1. The molecule has 2 rings (SSSR count). The fourth-order valence-electron chi connectivity index (χ4n) is 2.27. The molecule has 0 fully saturated rings. The molecule has 0 spiro atoms. The van der Waals surface area contributed by atoms with Gasteiger partial charge in [0.05, 0.1) is 11.1 Å². The van der Waals surface area contributed by atoms with Gasteiger partial charge in [-0.25, -0.2) is 0 Å². The maximum Gasteiger partial charge on any atom is 0.221 e. The summed E-state index contributed by atoms with van der Waals surface area (Å²) in [7, 11) is 0. The summed E-state index contributed by atoms with van der Waals surface area (Å²) in [5, 5.41) is 13.0. The van der Waals surface area contributed by atoms with Crippen LogP contribution in [0.1, 0.15) is 23.6 Å². The van der Waals surface area contributed by atoms with Crippen LogP contribution in [0.4, 0.5) is 0 Å². The Hall–Kier alpha value is -2.66. The van der Waals surface area contributed by atoms with Crippen LogP contribution >= 0.6 is 23.2 Å². The fraction of sp³-hybridized carbons (Fsp3) is 0.200. The minimum atomic E-state index is -0.720. The standard InChI is InChI=1S/C20H16Cl2N2O2/c1-2-11-26-19-9-3-14(12-17(19)22)4-10-20(25)24-18(13-23)15-5-7-16(21)8-6-15/h1,3,5-9,12,18H,4,10-11H2,(H,24,25). The van der Waals surface area contributed by atoms with Gasteiger partial charge in [0.25, 0.3) is 0 Å². The molecule has 0 radical (unpaired) electrons. The summed E-state index contributed by atoms with van der Waals surface area (Å²) in [6, 6.07) is 13.4. The third-order valence-corrected chi connectivity index (χ3v) is 4.13. The van der Waals surface area contributed by atoms with Crippen molar-refractivity contribution >= 4 is 29.1 Å². The molecule has 0 bridgehead atoms. The van der Waals surface area contributed by atoms with Crippen LogP contribution < -0.4 is 10.1 Å². The third kappa shape index (κ3) is 5.70. The van der Waals surface area contributed by atoms with Gasteiger partial charge in [-0.05, 0) is 41.8 Å². The Morgan fingerprint density at radius 3 is 2.58 bits per heavy atom. The van der Waals surface area contributed by atoms with Crippen molar-refractivity contribution in [2.75, 3.05) is 6.61 Å². The number of hydrogen-bond acceptors (Lipinski definition) is 3. The Balaban J connectivity index is 1.91. The van der Waals surface area contributed by atoms with Crippen molar-refractivity contribution in [3.8, 4) is 24.2 Å². The molecule has 0 aromatic heterocycles. The van der Waals surface area contributed by atoms with Crippen LogP contribution in [-0.2, 0) is 11.2 Å². The smallest absolute Gasteiger partial charge is 0.221 e. The largest absolute Gasteiger partial charge is 0.479 e. The lowest BCUT2D eigenvalue weighted by Crippen LogP contribution is -2.27. The second kappa shape index (κ2) is 9.73. The molecule has 0 heterocycles. The zero-order valence-corrected chi connectivity index (χ0v) is 15.3. The highest BCUT2D eigenvalue weighted by Gasteiger charge is 2.14. The van der Waals surface area contributed by atoms with E-state index in [4.69, 9.17) is 34.4 Å². The average molecular weight is 387 g/mol. The number of nitrogens with one attached hydrogen (secondary N) is 1. The summed E-state index contributed by atoms with van der Waals surface area (Å²) >= 11 is 12.0. The number of carbonyl (C=O) groups excluding carboxylic acids is 1. The predicted molar refractivity (Wildman–Crippen MR) is 102 cm³/mol. The molecule has 26 heavy (non-hydrogen) atoms. The second-order valence-corrected chi connectivity index (χ2v) is 6.28. The zero-order chi connectivity index (χ0) is 18.9. The van der Waals surface area contributed by atoms with Crippen molar-refractivity contribution in [3.63, 3.8) is 0 Å². The highest BCUT2D eigenvalue weighted by molar-refractivity contribution is 6.32. The molecule has 132 valence electrons. The predicted octanol–water partition coefficient (Wildman–Crippen LogP) is 4.32. The first-order chi connectivity index (χ1) is 12.5. The summed E-state index contributed by atoms with van der Waals surface area (Å²) in [5.41, 5.74) is 1.57. The molecule has 4 nitrogen and oxygen atoms in total. The maximum atomic E-state index is 12.2. The molecule has 2 aromatic carbocycles. The van der Waals surface area contributed by atoms with Crippen molar-refractivity contribution in [2.45, 2.75) is 18.9 Å². The first-order valence-corrected chi connectivity index (χ1v) is 8.58. The molecule has 1 atom stereocenters. The second-order valence-electron chi connectivity index (χ2n) is 5.44. The lowest BCUT2D eigenvalue weighted by molar-refractivity contribution is -0.121. The lowest BCUT2D eigenvalue weighted by Gasteiger charge is -2.12. The van der Waals surface area contributed by atoms with E-state index >= 15 is 0 Å². The van der Waals surface area contributed by atoms with Crippen LogP contribution in [0.25, 0.3) is 0 Å². The van der Waals surface area contributed by atoms with E-state index in [9.17, 15) is 10.1 Å². The molecule has 1 amide bonds. The fourth-order valence-corrected chi connectivity index (χ4v) is 2.66. The highest BCUT2D eigenvalue weighted by Crippen LogP contribution is 2.26. The van der Waals surface area contributed by atoms with E-state index in [0.717, 1.165) is 5.56 Å². The normalized spacial score (nSPS) is 11.1. The molecular formula is C20H16Cl2N2O2. The summed E-state index contributed by atoms with van der Waals surface area (Å²) in [6.07, 6.45) is 5.86. The Morgan fingerprint density at radius 2 is 1.96 bits per heavy atom. The van der Waals surface area contributed by atoms with E-state index in [-0.39, 0.29) is 18.9 Å². The summed E-state index contributed by atoms with van der Waals surface area (Å²) in [5.74, 6) is 2.65. The minimum Gasteiger partial charge on any atom is -0.479 e.